The topological polar surface area (TPSA) is 54.4 Å². The highest BCUT2D eigenvalue weighted by Gasteiger charge is 2.15. The predicted octanol–water partition coefficient (Wildman–Crippen LogP) is 4.26. The van der Waals surface area contributed by atoms with E-state index in [1.165, 1.54) is 0 Å². The van der Waals surface area contributed by atoms with Crippen LogP contribution in [0.4, 0.5) is 0 Å². The van der Waals surface area contributed by atoms with Crippen LogP contribution in [0.5, 0.6) is 0 Å². The number of hydrogen-bond acceptors (Lipinski definition) is 2. The standard InChI is InChI=1S/C20H16O3/c1-13(20(22)23)14-6-9-16(10-7-14)19(21)18-11-8-15-4-2-3-5-17(15)12-18/h2-13H,1H3,(H,22,23). The van der Waals surface area contributed by atoms with Crippen LogP contribution in [0.2, 0.25) is 0 Å². The van der Waals surface area contributed by atoms with Crippen LogP contribution < -0.4 is 0 Å². The lowest BCUT2D eigenvalue weighted by atomic mass is 9.96. The number of carbonyl (C=O) groups excluding carboxylic acids is 1. The molecule has 3 rings (SSSR count). The van der Waals surface area contributed by atoms with E-state index in [-0.39, 0.29) is 5.78 Å². The Kier molecular flexibility index (Phi) is 3.94. The summed E-state index contributed by atoms with van der Waals surface area (Å²) in [7, 11) is 0. The third-order valence-electron chi connectivity index (χ3n) is 4.05. The third-order valence-corrected chi connectivity index (χ3v) is 4.05. The number of fused-ring (bicyclic) bond motifs is 1. The fourth-order valence-corrected chi connectivity index (χ4v) is 2.56. The van der Waals surface area contributed by atoms with E-state index in [2.05, 4.69) is 0 Å². The molecule has 0 saturated heterocycles. The minimum Gasteiger partial charge on any atom is -0.481 e. The summed E-state index contributed by atoms with van der Waals surface area (Å²) >= 11 is 0. The molecule has 3 aromatic rings. The van der Waals surface area contributed by atoms with Crippen molar-refractivity contribution in [2.45, 2.75) is 12.8 Å². The van der Waals surface area contributed by atoms with E-state index in [0.29, 0.717) is 16.7 Å². The second-order valence-electron chi connectivity index (χ2n) is 5.57. The highest BCUT2D eigenvalue weighted by atomic mass is 16.4. The van der Waals surface area contributed by atoms with Gasteiger partial charge in [0.25, 0.3) is 0 Å². The average molecular weight is 304 g/mol. The van der Waals surface area contributed by atoms with E-state index in [0.717, 1.165) is 10.8 Å². The SMILES string of the molecule is CC(C(=O)O)c1ccc(C(=O)c2ccc3ccccc3c2)cc1. The fourth-order valence-electron chi connectivity index (χ4n) is 2.56. The molecule has 3 heteroatoms. The molecular formula is C20H16O3. The zero-order chi connectivity index (χ0) is 16.4. The van der Waals surface area contributed by atoms with Crippen molar-refractivity contribution in [2.24, 2.45) is 0 Å². The molecule has 0 aliphatic carbocycles. The summed E-state index contributed by atoms with van der Waals surface area (Å²) in [6.45, 7) is 1.63. The Morgan fingerprint density at radius 3 is 2.09 bits per heavy atom. The molecule has 0 saturated carbocycles. The van der Waals surface area contributed by atoms with Gasteiger partial charge in [-0.05, 0) is 29.3 Å². The van der Waals surface area contributed by atoms with Crippen LogP contribution in [0.1, 0.15) is 34.3 Å². The van der Waals surface area contributed by atoms with Gasteiger partial charge in [0.15, 0.2) is 5.78 Å². The lowest BCUT2D eigenvalue weighted by Gasteiger charge is -2.08. The maximum absolute atomic E-state index is 12.6. The van der Waals surface area contributed by atoms with Crippen molar-refractivity contribution in [1.29, 1.82) is 0 Å². The van der Waals surface area contributed by atoms with E-state index in [9.17, 15) is 9.59 Å². The molecule has 1 unspecified atom stereocenters. The first-order valence-electron chi connectivity index (χ1n) is 7.42. The number of ketones is 1. The largest absolute Gasteiger partial charge is 0.481 e. The van der Waals surface area contributed by atoms with Gasteiger partial charge >= 0.3 is 5.97 Å². The molecule has 0 bridgehead atoms. The summed E-state index contributed by atoms with van der Waals surface area (Å²) in [6.07, 6.45) is 0. The summed E-state index contributed by atoms with van der Waals surface area (Å²) in [5, 5.41) is 11.1. The molecule has 0 amide bonds. The maximum Gasteiger partial charge on any atom is 0.310 e. The molecule has 3 nitrogen and oxygen atoms in total. The zero-order valence-corrected chi connectivity index (χ0v) is 12.7. The van der Waals surface area contributed by atoms with Gasteiger partial charge in [0.2, 0.25) is 0 Å². The Morgan fingerprint density at radius 1 is 0.826 bits per heavy atom. The third kappa shape index (κ3) is 2.99. The summed E-state index contributed by atoms with van der Waals surface area (Å²) in [4.78, 5) is 23.6. The van der Waals surface area contributed by atoms with Gasteiger partial charge in [-0.1, -0.05) is 60.7 Å². The van der Waals surface area contributed by atoms with E-state index < -0.39 is 11.9 Å². The van der Waals surface area contributed by atoms with Gasteiger partial charge in [-0.15, -0.1) is 0 Å². The van der Waals surface area contributed by atoms with Crippen molar-refractivity contribution >= 4 is 22.5 Å². The molecule has 0 radical (unpaired) electrons. The van der Waals surface area contributed by atoms with Crippen LogP contribution in [-0.4, -0.2) is 16.9 Å². The lowest BCUT2D eigenvalue weighted by molar-refractivity contribution is -0.138. The molecule has 114 valence electrons. The molecule has 0 spiro atoms. The van der Waals surface area contributed by atoms with E-state index in [1.54, 1.807) is 31.2 Å². The molecule has 1 N–H and O–H groups in total. The highest BCUT2D eigenvalue weighted by molar-refractivity contribution is 6.10. The Bertz CT molecular complexity index is 879. The van der Waals surface area contributed by atoms with Crippen molar-refractivity contribution in [3.05, 3.63) is 83.4 Å². The van der Waals surface area contributed by atoms with Gasteiger partial charge < -0.3 is 5.11 Å². The lowest BCUT2D eigenvalue weighted by Crippen LogP contribution is -2.08. The van der Waals surface area contributed by atoms with Crippen LogP contribution >= 0.6 is 0 Å². The number of carboxylic acids is 1. The van der Waals surface area contributed by atoms with Gasteiger partial charge in [-0.3, -0.25) is 9.59 Å². The summed E-state index contributed by atoms with van der Waals surface area (Å²) in [5.74, 6) is -1.52. The maximum atomic E-state index is 12.6. The molecule has 23 heavy (non-hydrogen) atoms. The van der Waals surface area contributed by atoms with E-state index in [1.807, 2.05) is 42.5 Å². The van der Waals surface area contributed by atoms with Gasteiger partial charge in [0.1, 0.15) is 0 Å². The highest BCUT2D eigenvalue weighted by Crippen LogP contribution is 2.20. The first kappa shape index (κ1) is 15.0. The second kappa shape index (κ2) is 6.05. The number of aliphatic carboxylic acids is 1. The summed E-state index contributed by atoms with van der Waals surface area (Å²) in [5.41, 5.74) is 1.87. The average Bonchev–Trinajstić information content (AvgIpc) is 2.60. The van der Waals surface area contributed by atoms with Gasteiger partial charge in [-0.2, -0.15) is 0 Å². The predicted molar refractivity (Wildman–Crippen MR) is 89.9 cm³/mol. The zero-order valence-electron chi connectivity index (χ0n) is 12.7. The molecule has 1 atom stereocenters. The van der Waals surface area contributed by atoms with Crippen LogP contribution in [0.25, 0.3) is 10.8 Å². The smallest absolute Gasteiger partial charge is 0.310 e. The Labute approximate surface area is 134 Å². The Hall–Kier alpha value is -2.94. The number of carbonyl (C=O) groups is 2. The van der Waals surface area contributed by atoms with Gasteiger partial charge in [0, 0.05) is 11.1 Å². The fraction of sp³-hybridized carbons (Fsp3) is 0.100. The first-order chi connectivity index (χ1) is 11.1. The molecule has 0 fully saturated rings. The molecule has 3 aromatic carbocycles. The van der Waals surface area contributed by atoms with Gasteiger partial charge in [-0.25, -0.2) is 0 Å². The number of hydrogen-bond donors (Lipinski definition) is 1. The normalized spacial score (nSPS) is 12.0. The van der Waals surface area contributed by atoms with Crippen molar-refractivity contribution in [3.8, 4) is 0 Å². The molecule has 0 aliphatic rings. The van der Waals surface area contributed by atoms with Crippen molar-refractivity contribution in [2.75, 3.05) is 0 Å². The minimum absolute atomic E-state index is 0.0646. The van der Waals surface area contributed by atoms with Crippen molar-refractivity contribution in [1.82, 2.24) is 0 Å². The number of benzene rings is 3. The van der Waals surface area contributed by atoms with Crippen molar-refractivity contribution in [3.63, 3.8) is 0 Å². The van der Waals surface area contributed by atoms with E-state index >= 15 is 0 Å². The second-order valence-corrected chi connectivity index (χ2v) is 5.57. The summed E-state index contributed by atoms with van der Waals surface area (Å²) < 4.78 is 0. The minimum atomic E-state index is -0.876. The Morgan fingerprint density at radius 2 is 1.43 bits per heavy atom. The van der Waals surface area contributed by atoms with Gasteiger partial charge in [0.05, 0.1) is 5.92 Å². The Balaban J connectivity index is 1.91. The van der Waals surface area contributed by atoms with Crippen molar-refractivity contribution < 1.29 is 14.7 Å². The number of carboxylic acid groups (broad SMARTS) is 1. The number of rotatable bonds is 4. The first-order valence-corrected chi connectivity index (χ1v) is 7.42. The van der Waals surface area contributed by atoms with Crippen LogP contribution in [-0.2, 0) is 4.79 Å². The quantitative estimate of drug-likeness (QED) is 0.733. The molecule has 0 aromatic heterocycles. The monoisotopic (exact) mass is 304 g/mol. The van der Waals surface area contributed by atoms with Crippen LogP contribution in [0.15, 0.2) is 66.7 Å². The molecule has 0 aliphatic heterocycles. The van der Waals surface area contributed by atoms with Crippen LogP contribution in [0, 0.1) is 0 Å². The molecule has 0 heterocycles. The van der Waals surface area contributed by atoms with E-state index in [4.69, 9.17) is 5.11 Å². The van der Waals surface area contributed by atoms with Crippen LogP contribution in [0.3, 0.4) is 0 Å². The summed E-state index contributed by atoms with van der Waals surface area (Å²) in [6, 6.07) is 20.3. The molecular weight excluding hydrogens is 288 g/mol.